The average Bonchev–Trinajstić information content (AvgIpc) is 3.10. The summed E-state index contributed by atoms with van der Waals surface area (Å²) in [7, 11) is 0. The zero-order valence-corrected chi connectivity index (χ0v) is 19.8. The number of thiophene rings is 1. The number of fused-ring (bicyclic) bond motifs is 1. The lowest BCUT2D eigenvalue weighted by Crippen LogP contribution is -2.35. The van der Waals surface area contributed by atoms with E-state index in [0.29, 0.717) is 17.0 Å². The lowest BCUT2D eigenvalue weighted by molar-refractivity contribution is -0.120. The Hall–Kier alpha value is -2.90. The number of aryl methyl sites for hydroxylation is 2. The maximum absolute atomic E-state index is 13.0. The van der Waals surface area contributed by atoms with Crippen molar-refractivity contribution >= 4 is 39.2 Å². The summed E-state index contributed by atoms with van der Waals surface area (Å²) in [5.41, 5.74) is 2.93. The van der Waals surface area contributed by atoms with E-state index in [0.717, 1.165) is 26.4 Å². The van der Waals surface area contributed by atoms with Crippen LogP contribution in [0.5, 0.6) is 0 Å². The number of thioether (sulfide) groups is 1. The van der Waals surface area contributed by atoms with Gasteiger partial charge in [-0.25, -0.2) is 4.98 Å². The van der Waals surface area contributed by atoms with Gasteiger partial charge in [0.1, 0.15) is 10.7 Å². The van der Waals surface area contributed by atoms with Crippen LogP contribution in [0.1, 0.15) is 40.4 Å². The first-order chi connectivity index (χ1) is 15.4. The van der Waals surface area contributed by atoms with E-state index < -0.39 is 0 Å². The minimum atomic E-state index is -0.308. The number of carbonyl (C=O) groups excluding carboxylic acids is 1. The number of nitrogens with zero attached hydrogens (tertiary/aromatic N) is 1. The predicted octanol–water partition coefficient (Wildman–Crippen LogP) is 5.13. The highest BCUT2D eigenvalue weighted by Crippen LogP contribution is 2.27. The Morgan fingerprint density at radius 1 is 1.06 bits per heavy atom. The molecule has 0 aliphatic rings. The van der Waals surface area contributed by atoms with Crippen LogP contribution in [-0.4, -0.2) is 21.1 Å². The molecule has 4 aromatic rings. The van der Waals surface area contributed by atoms with Crippen LogP contribution >= 0.6 is 23.1 Å². The summed E-state index contributed by atoms with van der Waals surface area (Å²) < 4.78 is 0. The van der Waals surface area contributed by atoms with Gasteiger partial charge in [-0.3, -0.25) is 9.59 Å². The molecule has 0 bridgehead atoms. The van der Waals surface area contributed by atoms with Crippen molar-refractivity contribution in [1.82, 2.24) is 15.3 Å². The second-order valence-corrected chi connectivity index (χ2v) is 10.2. The van der Waals surface area contributed by atoms with Gasteiger partial charge in [0, 0.05) is 4.88 Å². The lowest BCUT2D eigenvalue weighted by atomic mass is 9.98. The highest BCUT2D eigenvalue weighted by Gasteiger charge is 2.21. The van der Waals surface area contributed by atoms with Crippen molar-refractivity contribution in [2.75, 3.05) is 0 Å². The van der Waals surface area contributed by atoms with E-state index in [1.807, 2.05) is 81.4 Å². The Kier molecular flexibility index (Phi) is 6.77. The minimum absolute atomic E-state index is 0.0565. The van der Waals surface area contributed by atoms with E-state index in [2.05, 4.69) is 15.3 Å². The molecule has 0 spiro atoms. The molecule has 7 heteroatoms. The summed E-state index contributed by atoms with van der Waals surface area (Å²) in [6.07, 6.45) is 0. The molecule has 0 unspecified atom stereocenters. The summed E-state index contributed by atoms with van der Waals surface area (Å²) in [6, 6.07) is 19.7. The third-order valence-corrected chi connectivity index (χ3v) is 7.74. The second kappa shape index (κ2) is 9.71. The third-order valence-electron chi connectivity index (χ3n) is 5.48. The Labute approximate surface area is 195 Å². The van der Waals surface area contributed by atoms with Crippen molar-refractivity contribution in [2.45, 2.75) is 37.8 Å². The summed E-state index contributed by atoms with van der Waals surface area (Å²) >= 11 is 2.99. The number of aromatic nitrogens is 2. The molecule has 0 saturated carbocycles. The van der Waals surface area contributed by atoms with Crippen LogP contribution in [0.15, 0.2) is 65.5 Å². The number of carbonyl (C=O) groups is 1. The van der Waals surface area contributed by atoms with Gasteiger partial charge >= 0.3 is 0 Å². The van der Waals surface area contributed by atoms with E-state index in [1.54, 1.807) is 0 Å². The van der Waals surface area contributed by atoms with Crippen LogP contribution in [0.25, 0.3) is 10.2 Å². The molecule has 0 radical (unpaired) electrons. The molecule has 2 N–H and O–H groups in total. The van der Waals surface area contributed by atoms with Crippen LogP contribution in [0, 0.1) is 13.8 Å². The van der Waals surface area contributed by atoms with Gasteiger partial charge in [-0.1, -0.05) is 60.7 Å². The number of benzene rings is 2. The number of aromatic amines is 1. The Morgan fingerprint density at radius 2 is 1.66 bits per heavy atom. The van der Waals surface area contributed by atoms with Gasteiger partial charge in [0.25, 0.3) is 5.56 Å². The minimum Gasteiger partial charge on any atom is -0.344 e. The molecule has 4 rings (SSSR count). The molecule has 0 aliphatic carbocycles. The highest BCUT2D eigenvalue weighted by molar-refractivity contribution is 7.99. The van der Waals surface area contributed by atoms with Crippen LogP contribution in [0.2, 0.25) is 0 Å². The Bertz CT molecular complexity index is 1240. The predicted molar refractivity (Wildman–Crippen MR) is 133 cm³/mol. The molecule has 1 amide bonds. The normalized spacial score (nSPS) is 12.2. The molecule has 5 nitrogen and oxygen atoms in total. The summed E-state index contributed by atoms with van der Waals surface area (Å²) in [4.78, 5) is 34.9. The topological polar surface area (TPSA) is 74.8 Å². The number of hydrogen-bond donors (Lipinski definition) is 2. The number of nitrogens with one attached hydrogen (secondary N) is 2. The monoisotopic (exact) mass is 463 g/mol. The lowest BCUT2D eigenvalue weighted by Gasteiger charge is -2.22. The highest BCUT2D eigenvalue weighted by atomic mass is 32.2. The first kappa shape index (κ1) is 22.3. The first-order valence-corrected chi connectivity index (χ1v) is 12.3. The van der Waals surface area contributed by atoms with Gasteiger partial charge in [-0.15, -0.1) is 23.1 Å². The van der Waals surface area contributed by atoms with Crippen LogP contribution in [-0.2, 0) is 10.5 Å². The molecule has 2 aromatic heterocycles. The first-order valence-electron chi connectivity index (χ1n) is 10.4. The zero-order chi connectivity index (χ0) is 22.7. The van der Waals surface area contributed by atoms with Crippen molar-refractivity contribution in [3.8, 4) is 0 Å². The molecule has 0 aliphatic heterocycles. The molecule has 2 heterocycles. The SMILES string of the molecule is Cc1sc2nc(CS[C@@H](C)C(=O)NC(c3ccccc3)c3ccccc3)[nH]c(=O)c2c1C. The molecular formula is C25H25N3O2S2. The zero-order valence-electron chi connectivity index (χ0n) is 18.2. The Balaban J connectivity index is 1.47. The van der Waals surface area contributed by atoms with Gasteiger partial charge in [-0.2, -0.15) is 0 Å². The smallest absolute Gasteiger partial charge is 0.259 e. The molecule has 0 saturated heterocycles. The number of H-pyrrole nitrogens is 1. The molecule has 32 heavy (non-hydrogen) atoms. The molecule has 0 fully saturated rings. The van der Waals surface area contributed by atoms with Crippen LogP contribution < -0.4 is 10.9 Å². The van der Waals surface area contributed by atoms with Gasteiger partial charge in [0.05, 0.1) is 22.4 Å². The summed E-state index contributed by atoms with van der Waals surface area (Å²) in [5.74, 6) is 0.993. The molecule has 164 valence electrons. The number of hydrogen-bond acceptors (Lipinski definition) is 5. The maximum Gasteiger partial charge on any atom is 0.259 e. The van der Waals surface area contributed by atoms with Crippen LogP contribution in [0.4, 0.5) is 0 Å². The number of rotatable bonds is 7. The van der Waals surface area contributed by atoms with Crippen LogP contribution in [0.3, 0.4) is 0 Å². The molecular weight excluding hydrogens is 438 g/mol. The van der Waals surface area contributed by atoms with Crippen molar-refractivity contribution in [3.63, 3.8) is 0 Å². The maximum atomic E-state index is 13.0. The average molecular weight is 464 g/mol. The van der Waals surface area contributed by atoms with Gasteiger partial charge in [0.15, 0.2) is 0 Å². The van der Waals surface area contributed by atoms with Crippen molar-refractivity contribution in [2.24, 2.45) is 0 Å². The number of amides is 1. The van der Waals surface area contributed by atoms with E-state index in [1.165, 1.54) is 23.1 Å². The van der Waals surface area contributed by atoms with Gasteiger partial charge < -0.3 is 10.3 Å². The quantitative estimate of drug-likeness (QED) is 0.398. The standard InChI is InChI=1S/C25H25N3O2S2/c1-15-16(2)32-25-21(15)24(30)26-20(27-25)14-31-17(3)23(29)28-22(18-10-6-4-7-11-18)19-12-8-5-9-13-19/h4-13,17,22H,14H2,1-3H3,(H,28,29)(H,26,27,30)/t17-/m0/s1. The third kappa shape index (κ3) is 4.79. The van der Waals surface area contributed by atoms with Gasteiger partial charge in [-0.05, 0) is 37.5 Å². The fraction of sp³-hybridized carbons (Fsp3) is 0.240. The van der Waals surface area contributed by atoms with E-state index in [-0.39, 0.29) is 22.8 Å². The van der Waals surface area contributed by atoms with Crippen molar-refractivity contribution in [3.05, 3.63) is 98.4 Å². The largest absolute Gasteiger partial charge is 0.344 e. The molecule has 1 atom stereocenters. The fourth-order valence-electron chi connectivity index (χ4n) is 3.56. The fourth-order valence-corrected chi connectivity index (χ4v) is 5.37. The van der Waals surface area contributed by atoms with Crippen molar-refractivity contribution < 1.29 is 4.79 Å². The van der Waals surface area contributed by atoms with E-state index in [4.69, 9.17) is 0 Å². The Morgan fingerprint density at radius 3 is 2.25 bits per heavy atom. The summed E-state index contributed by atoms with van der Waals surface area (Å²) in [5, 5.41) is 3.55. The second-order valence-electron chi connectivity index (χ2n) is 7.69. The van der Waals surface area contributed by atoms with E-state index in [9.17, 15) is 9.59 Å². The van der Waals surface area contributed by atoms with Crippen molar-refractivity contribution in [1.29, 1.82) is 0 Å². The molecule has 2 aromatic carbocycles. The van der Waals surface area contributed by atoms with Gasteiger partial charge in [0.2, 0.25) is 5.91 Å². The summed E-state index contributed by atoms with van der Waals surface area (Å²) in [6.45, 7) is 5.82. The van der Waals surface area contributed by atoms with E-state index >= 15 is 0 Å².